The van der Waals surface area contributed by atoms with Crippen LogP contribution in [0.15, 0.2) is 24.3 Å². The highest BCUT2D eigenvalue weighted by atomic mass is 16.3. The van der Waals surface area contributed by atoms with Crippen LogP contribution < -0.4 is 10.6 Å². The second-order valence-electron chi connectivity index (χ2n) is 6.67. The number of carbonyl (C=O) groups excluding carboxylic acids is 1. The second kappa shape index (κ2) is 8.67. The molecule has 1 heterocycles. The quantitative estimate of drug-likeness (QED) is 0.687. The van der Waals surface area contributed by atoms with Crippen molar-refractivity contribution in [2.75, 3.05) is 17.2 Å². The molecule has 2 aromatic rings. The van der Waals surface area contributed by atoms with E-state index in [1.54, 1.807) is 0 Å². The number of aliphatic hydroxyl groups excluding tert-OH is 1. The fourth-order valence-corrected chi connectivity index (χ4v) is 2.75. The molecule has 0 atom stereocenters. The minimum absolute atomic E-state index is 0.0401. The summed E-state index contributed by atoms with van der Waals surface area (Å²) in [7, 11) is 0. The molecule has 2 rings (SSSR count). The number of aromatic nitrogens is 2. The zero-order valence-electron chi connectivity index (χ0n) is 15.5. The van der Waals surface area contributed by atoms with Gasteiger partial charge in [0.2, 0.25) is 5.91 Å². The van der Waals surface area contributed by atoms with Gasteiger partial charge < -0.3 is 15.7 Å². The molecule has 25 heavy (non-hydrogen) atoms. The molecule has 136 valence electrons. The molecule has 0 spiro atoms. The summed E-state index contributed by atoms with van der Waals surface area (Å²) in [4.78, 5) is 11.8. The summed E-state index contributed by atoms with van der Waals surface area (Å²) in [5.41, 5.74) is 4.96. The van der Waals surface area contributed by atoms with E-state index in [2.05, 4.69) is 15.7 Å². The molecule has 1 aromatic heterocycles. The molecule has 6 heteroatoms. The van der Waals surface area contributed by atoms with Gasteiger partial charge in [-0.2, -0.15) is 5.10 Å². The van der Waals surface area contributed by atoms with Crippen LogP contribution in [0.25, 0.3) is 0 Å². The van der Waals surface area contributed by atoms with E-state index in [-0.39, 0.29) is 12.5 Å². The van der Waals surface area contributed by atoms with Gasteiger partial charge in [-0.15, -0.1) is 0 Å². The van der Waals surface area contributed by atoms with Crippen LogP contribution >= 0.6 is 0 Å². The van der Waals surface area contributed by atoms with Crippen LogP contribution in [0.4, 0.5) is 11.4 Å². The van der Waals surface area contributed by atoms with Crippen molar-refractivity contribution >= 4 is 17.3 Å². The Kier molecular flexibility index (Phi) is 6.58. The zero-order valence-corrected chi connectivity index (χ0v) is 15.5. The van der Waals surface area contributed by atoms with Crippen LogP contribution in [-0.4, -0.2) is 27.4 Å². The van der Waals surface area contributed by atoms with Crippen molar-refractivity contribution < 1.29 is 9.90 Å². The van der Waals surface area contributed by atoms with Crippen LogP contribution in [0.3, 0.4) is 0 Å². The number of amides is 1. The highest BCUT2D eigenvalue weighted by Gasteiger charge is 2.11. The number of anilines is 2. The van der Waals surface area contributed by atoms with Crippen molar-refractivity contribution in [2.45, 2.75) is 47.2 Å². The minimum Gasteiger partial charge on any atom is -0.394 e. The largest absolute Gasteiger partial charge is 0.394 e. The number of hydrogen-bond acceptors (Lipinski definition) is 4. The van der Waals surface area contributed by atoms with E-state index in [0.29, 0.717) is 25.4 Å². The second-order valence-corrected chi connectivity index (χ2v) is 6.67. The Hall–Kier alpha value is -2.34. The van der Waals surface area contributed by atoms with Crippen molar-refractivity contribution in [3.63, 3.8) is 0 Å². The smallest absolute Gasteiger partial charge is 0.224 e. The van der Waals surface area contributed by atoms with Crippen molar-refractivity contribution in [2.24, 2.45) is 5.92 Å². The Morgan fingerprint density at radius 3 is 2.44 bits per heavy atom. The van der Waals surface area contributed by atoms with Crippen LogP contribution in [0.2, 0.25) is 0 Å². The predicted octanol–water partition coefficient (Wildman–Crippen LogP) is 3.09. The van der Waals surface area contributed by atoms with Crippen molar-refractivity contribution in [3.05, 3.63) is 41.2 Å². The first-order valence-electron chi connectivity index (χ1n) is 8.68. The summed E-state index contributed by atoms with van der Waals surface area (Å²) in [5, 5.41) is 19.8. The molecular weight excluding hydrogens is 316 g/mol. The van der Waals surface area contributed by atoms with Gasteiger partial charge in [-0.05, 0) is 44.0 Å². The average molecular weight is 344 g/mol. The molecule has 1 aromatic carbocycles. The standard InChI is InChI=1S/C19H28N4O2/c1-13(2)11-19(25)21-17-7-5-16(6-8-17)20-12-18-14(3)22-23(9-10-24)15(18)4/h5-8,13,20,24H,9-12H2,1-4H3,(H,21,25). The lowest BCUT2D eigenvalue weighted by Gasteiger charge is -2.10. The predicted molar refractivity (Wildman–Crippen MR) is 101 cm³/mol. The Morgan fingerprint density at radius 1 is 1.20 bits per heavy atom. The molecule has 0 unspecified atom stereocenters. The van der Waals surface area contributed by atoms with E-state index in [4.69, 9.17) is 5.11 Å². The lowest BCUT2D eigenvalue weighted by molar-refractivity contribution is -0.116. The molecular formula is C19H28N4O2. The first-order valence-corrected chi connectivity index (χ1v) is 8.68. The number of nitrogens with zero attached hydrogens (tertiary/aromatic N) is 2. The van der Waals surface area contributed by atoms with Crippen LogP contribution in [-0.2, 0) is 17.9 Å². The lowest BCUT2D eigenvalue weighted by atomic mass is 10.1. The van der Waals surface area contributed by atoms with Crippen LogP contribution in [0.1, 0.15) is 37.2 Å². The topological polar surface area (TPSA) is 79.2 Å². The first kappa shape index (κ1) is 19.0. The molecule has 0 saturated heterocycles. The van der Waals surface area contributed by atoms with Crippen molar-refractivity contribution in [1.82, 2.24) is 9.78 Å². The van der Waals surface area contributed by atoms with Gasteiger partial charge in [0.05, 0.1) is 18.8 Å². The van der Waals surface area contributed by atoms with Gasteiger partial charge in [0, 0.05) is 35.6 Å². The van der Waals surface area contributed by atoms with E-state index in [1.807, 2.05) is 56.6 Å². The Labute approximate surface area is 149 Å². The first-order chi connectivity index (χ1) is 11.9. The third-order valence-corrected chi connectivity index (χ3v) is 4.07. The highest BCUT2D eigenvalue weighted by molar-refractivity contribution is 5.90. The van der Waals surface area contributed by atoms with Gasteiger partial charge in [-0.1, -0.05) is 13.8 Å². The summed E-state index contributed by atoms with van der Waals surface area (Å²) in [6, 6.07) is 7.70. The van der Waals surface area contributed by atoms with Crippen LogP contribution in [0, 0.1) is 19.8 Å². The molecule has 0 aliphatic carbocycles. The number of carbonyl (C=O) groups is 1. The van der Waals surface area contributed by atoms with Crippen LogP contribution in [0.5, 0.6) is 0 Å². The van der Waals surface area contributed by atoms with Gasteiger partial charge in [0.1, 0.15) is 0 Å². The summed E-state index contributed by atoms with van der Waals surface area (Å²) in [6.07, 6.45) is 0.524. The highest BCUT2D eigenvalue weighted by Crippen LogP contribution is 2.18. The van der Waals surface area contributed by atoms with E-state index in [1.165, 1.54) is 0 Å². The SMILES string of the molecule is Cc1nn(CCO)c(C)c1CNc1ccc(NC(=O)CC(C)C)cc1. The lowest BCUT2D eigenvalue weighted by Crippen LogP contribution is -2.13. The van der Waals surface area contributed by atoms with E-state index < -0.39 is 0 Å². The zero-order chi connectivity index (χ0) is 18.4. The maximum atomic E-state index is 11.8. The number of nitrogens with one attached hydrogen (secondary N) is 2. The van der Waals surface area contributed by atoms with Gasteiger partial charge >= 0.3 is 0 Å². The van der Waals surface area contributed by atoms with Crippen molar-refractivity contribution in [3.8, 4) is 0 Å². The van der Waals surface area contributed by atoms with E-state index in [9.17, 15) is 4.79 Å². The number of rotatable bonds is 8. The van der Waals surface area contributed by atoms with Gasteiger partial charge in [0.25, 0.3) is 0 Å². The number of aryl methyl sites for hydroxylation is 1. The molecule has 0 aliphatic rings. The van der Waals surface area contributed by atoms with Gasteiger partial charge in [0.15, 0.2) is 0 Å². The molecule has 1 amide bonds. The molecule has 6 nitrogen and oxygen atoms in total. The molecule has 0 fully saturated rings. The third-order valence-electron chi connectivity index (χ3n) is 4.07. The monoisotopic (exact) mass is 344 g/mol. The summed E-state index contributed by atoms with van der Waals surface area (Å²) in [5.74, 6) is 0.387. The van der Waals surface area contributed by atoms with E-state index in [0.717, 1.165) is 28.3 Å². The number of benzene rings is 1. The summed E-state index contributed by atoms with van der Waals surface area (Å²) in [6.45, 7) is 9.31. The Balaban J connectivity index is 1.95. The third kappa shape index (κ3) is 5.32. The minimum atomic E-state index is 0.0401. The molecule has 0 aliphatic heterocycles. The molecule has 3 N–H and O–H groups in total. The fraction of sp³-hybridized carbons (Fsp3) is 0.474. The van der Waals surface area contributed by atoms with Crippen molar-refractivity contribution in [1.29, 1.82) is 0 Å². The molecule has 0 radical (unpaired) electrons. The maximum absolute atomic E-state index is 11.8. The normalized spacial score (nSPS) is 11.0. The fourth-order valence-electron chi connectivity index (χ4n) is 2.75. The number of aliphatic hydroxyl groups is 1. The molecule has 0 bridgehead atoms. The molecule has 0 saturated carbocycles. The average Bonchev–Trinajstić information content (AvgIpc) is 2.80. The summed E-state index contributed by atoms with van der Waals surface area (Å²) >= 11 is 0. The maximum Gasteiger partial charge on any atom is 0.224 e. The Bertz CT molecular complexity index is 705. The van der Waals surface area contributed by atoms with Gasteiger partial charge in [-0.3, -0.25) is 9.48 Å². The van der Waals surface area contributed by atoms with E-state index >= 15 is 0 Å². The summed E-state index contributed by atoms with van der Waals surface area (Å²) < 4.78 is 1.83. The number of hydrogen-bond donors (Lipinski definition) is 3. The van der Waals surface area contributed by atoms with Gasteiger partial charge in [-0.25, -0.2) is 0 Å². The Morgan fingerprint density at radius 2 is 1.84 bits per heavy atom.